The van der Waals surface area contributed by atoms with Gasteiger partial charge in [-0.05, 0) is 174 Å². The van der Waals surface area contributed by atoms with E-state index in [2.05, 4.69) is 366 Å². The molecule has 0 fully saturated rings. The first kappa shape index (κ1) is 68.3. The Labute approximate surface area is 672 Å². The molecule has 0 saturated heterocycles. The molecule has 0 unspecified atom stereocenters. The largest absolute Gasteiger partial charge is 0.228 e. The van der Waals surface area contributed by atoms with Crippen LogP contribution in [-0.2, 0) is 5.41 Å². The van der Waals surface area contributed by atoms with Crippen LogP contribution in [0.25, 0.3) is 206 Å². The molecule has 0 aliphatic heterocycles. The van der Waals surface area contributed by atoms with Crippen LogP contribution in [0.15, 0.2) is 382 Å². The summed E-state index contributed by atoms with van der Waals surface area (Å²) in [6.45, 7) is 4.67. The lowest BCUT2D eigenvalue weighted by Crippen LogP contribution is -2.14. The number of benzene rings is 16. The molecular formula is C106H69N5S3. The van der Waals surface area contributed by atoms with E-state index in [1.807, 2.05) is 64.3 Å². The molecule has 22 rings (SSSR count). The maximum Gasteiger partial charge on any atom is 0.164 e. The van der Waals surface area contributed by atoms with Crippen molar-refractivity contribution < 1.29 is 0 Å². The molecule has 16 aromatic carbocycles. The van der Waals surface area contributed by atoms with E-state index >= 15 is 0 Å². The first-order valence-corrected chi connectivity index (χ1v) is 41.0. The summed E-state index contributed by atoms with van der Waals surface area (Å²) in [6, 6.07) is 137. The second kappa shape index (κ2) is 28.5. The summed E-state index contributed by atoms with van der Waals surface area (Å²) >= 11 is 5.53. The van der Waals surface area contributed by atoms with Gasteiger partial charge in [-0.3, -0.25) is 0 Å². The van der Waals surface area contributed by atoms with E-state index in [1.165, 1.54) is 116 Å². The van der Waals surface area contributed by atoms with Crippen molar-refractivity contribution in [3.8, 4) is 146 Å². The third kappa shape index (κ3) is 12.7. The molecule has 21 aromatic rings. The predicted octanol–water partition coefficient (Wildman–Crippen LogP) is 29.8. The molecule has 0 spiro atoms. The van der Waals surface area contributed by atoms with Crippen LogP contribution >= 0.6 is 34.0 Å². The monoisotopic (exact) mass is 1510 g/mol. The van der Waals surface area contributed by atoms with Crippen LogP contribution in [0.4, 0.5) is 0 Å². The van der Waals surface area contributed by atoms with Crippen molar-refractivity contribution >= 4 is 94.5 Å². The van der Waals surface area contributed by atoms with Gasteiger partial charge < -0.3 is 0 Å². The number of hydrogen-bond acceptors (Lipinski definition) is 8. The van der Waals surface area contributed by atoms with Gasteiger partial charge in [0, 0.05) is 99.3 Å². The molecule has 0 radical (unpaired) electrons. The molecule has 0 saturated carbocycles. The van der Waals surface area contributed by atoms with Crippen molar-refractivity contribution in [3.05, 3.63) is 393 Å². The van der Waals surface area contributed by atoms with Gasteiger partial charge in [0.15, 0.2) is 23.3 Å². The zero-order valence-electron chi connectivity index (χ0n) is 62.3. The van der Waals surface area contributed by atoms with Gasteiger partial charge in [0.2, 0.25) is 0 Å². The van der Waals surface area contributed by atoms with Crippen LogP contribution in [-0.4, -0.2) is 24.9 Å². The smallest absolute Gasteiger partial charge is 0.164 e. The summed E-state index contributed by atoms with van der Waals surface area (Å²) in [4.78, 5) is 25.9. The fraction of sp³-hybridized carbons (Fsp3) is 0.0283. The minimum Gasteiger partial charge on any atom is -0.228 e. The van der Waals surface area contributed by atoms with Gasteiger partial charge in [-0.2, -0.15) is 0 Å². The molecule has 0 amide bonds. The van der Waals surface area contributed by atoms with Gasteiger partial charge in [-0.1, -0.05) is 311 Å². The average molecular weight is 1510 g/mol. The third-order valence-corrected chi connectivity index (χ3v) is 25.9. The first-order valence-electron chi connectivity index (χ1n) is 38.5. The van der Waals surface area contributed by atoms with Crippen LogP contribution in [0.2, 0.25) is 0 Å². The topological polar surface area (TPSA) is 64.5 Å². The fourth-order valence-corrected chi connectivity index (χ4v) is 19.7. The average Bonchev–Trinajstić information content (AvgIpc) is 1.58. The lowest BCUT2D eigenvalue weighted by molar-refractivity contribution is 0.660. The van der Waals surface area contributed by atoms with E-state index in [1.54, 1.807) is 0 Å². The van der Waals surface area contributed by atoms with Crippen molar-refractivity contribution in [2.24, 2.45) is 0 Å². The Morgan fingerprint density at radius 1 is 0.175 bits per heavy atom. The molecular weight excluding hydrogens is 1440 g/mol. The van der Waals surface area contributed by atoms with Gasteiger partial charge in [-0.25, -0.2) is 24.9 Å². The number of thiophene rings is 3. The molecule has 1 aliphatic rings. The van der Waals surface area contributed by atoms with Crippen LogP contribution in [0.3, 0.4) is 0 Å². The SMILES string of the molecule is CC1(C)c2ccccc2-c2ccc(-c3ccc(-c4cc(-c5ccc(-c6ccc7sc8ccccc8c7c6)cc5)nc(-c5ccccc5)n4)cc3)cc21.c1ccc(-c2ccc(-c3nc(-c4ccc(-c5ccccc5)cc4)nc(-c4cc(-c5ccc6sc7ccccc7c6c5)cc(-c5ccc6sc7ccccc7c6c5)c4)n3)cc2)cc1. The second-order valence-corrected chi connectivity index (χ2v) is 33.1. The summed E-state index contributed by atoms with van der Waals surface area (Å²) in [7, 11) is 0. The summed E-state index contributed by atoms with van der Waals surface area (Å²) in [5.41, 5.74) is 27.1. The Hall–Kier alpha value is -13.7. The maximum absolute atomic E-state index is 5.28. The number of fused-ring (bicyclic) bond motifs is 12. The zero-order chi connectivity index (χ0) is 75.8. The van der Waals surface area contributed by atoms with Crippen molar-refractivity contribution in [2.45, 2.75) is 19.3 Å². The van der Waals surface area contributed by atoms with Crippen molar-refractivity contribution in [3.63, 3.8) is 0 Å². The number of nitrogens with zero attached hydrogens (tertiary/aromatic N) is 5. The normalized spacial score (nSPS) is 12.2. The molecule has 536 valence electrons. The van der Waals surface area contributed by atoms with Crippen LogP contribution in [0, 0.1) is 0 Å². The number of hydrogen-bond donors (Lipinski definition) is 0. The molecule has 0 N–H and O–H groups in total. The van der Waals surface area contributed by atoms with Gasteiger partial charge >= 0.3 is 0 Å². The summed E-state index contributed by atoms with van der Waals surface area (Å²) in [6.07, 6.45) is 0. The van der Waals surface area contributed by atoms with Crippen LogP contribution < -0.4 is 0 Å². The summed E-state index contributed by atoms with van der Waals surface area (Å²) < 4.78 is 7.80. The van der Waals surface area contributed by atoms with Gasteiger partial charge in [0.25, 0.3) is 0 Å². The van der Waals surface area contributed by atoms with E-state index in [-0.39, 0.29) is 5.41 Å². The lowest BCUT2D eigenvalue weighted by Gasteiger charge is -2.22. The van der Waals surface area contributed by atoms with Gasteiger partial charge in [-0.15, -0.1) is 34.0 Å². The zero-order valence-corrected chi connectivity index (χ0v) is 64.8. The molecule has 5 nitrogen and oxygen atoms in total. The minimum atomic E-state index is -0.0300. The molecule has 5 aromatic heterocycles. The fourth-order valence-electron chi connectivity index (χ4n) is 16.5. The van der Waals surface area contributed by atoms with E-state index in [0.29, 0.717) is 17.5 Å². The highest BCUT2D eigenvalue weighted by atomic mass is 32.1. The van der Waals surface area contributed by atoms with Crippen molar-refractivity contribution in [1.29, 1.82) is 0 Å². The minimum absolute atomic E-state index is 0.0300. The molecule has 0 bridgehead atoms. The quantitative estimate of drug-likeness (QED) is 0.122. The molecule has 0 atom stereocenters. The Morgan fingerprint density at radius 3 is 0.904 bits per heavy atom. The molecule has 5 heterocycles. The van der Waals surface area contributed by atoms with E-state index in [9.17, 15) is 0 Å². The Kier molecular flexibility index (Phi) is 17.1. The summed E-state index contributed by atoms with van der Waals surface area (Å²) in [5, 5.41) is 7.73. The highest BCUT2D eigenvalue weighted by molar-refractivity contribution is 7.26. The number of rotatable bonds is 12. The lowest BCUT2D eigenvalue weighted by atomic mass is 9.81. The number of aromatic nitrogens is 5. The highest BCUT2D eigenvalue weighted by Crippen LogP contribution is 2.50. The maximum atomic E-state index is 5.28. The van der Waals surface area contributed by atoms with Crippen LogP contribution in [0.1, 0.15) is 25.0 Å². The van der Waals surface area contributed by atoms with Gasteiger partial charge in [0.05, 0.1) is 11.4 Å². The van der Waals surface area contributed by atoms with E-state index in [0.717, 1.165) is 84.0 Å². The Balaban J connectivity index is 0.000000145. The molecule has 8 heteroatoms. The molecule has 1 aliphatic carbocycles. The molecule has 114 heavy (non-hydrogen) atoms. The predicted molar refractivity (Wildman–Crippen MR) is 483 cm³/mol. The van der Waals surface area contributed by atoms with E-state index in [4.69, 9.17) is 24.9 Å². The first-order chi connectivity index (χ1) is 56.2. The second-order valence-electron chi connectivity index (χ2n) is 29.8. The van der Waals surface area contributed by atoms with Gasteiger partial charge in [0.1, 0.15) is 0 Å². The standard InChI is InChI=1S/C57H35N3S2.C49H34N2S/c1-3-11-36(12-4-1)38-19-23-40(24-20-38)55-58-56(41-25-21-39(22-26-41)37-13-5-2-6-14-37)60-57(59-55)46-32-44(42-27-29-53-49(34-42)47-15-7-9-17-51(47)61-53)31-45(33-46)43-28-30-54-50(35-43)48-16-8-10-18-52(48)62-54;1-49(2)42-14-8-6-12-38(42)39-26-24-37(29-43(39)49)32-18-22-34(23-19-32)45-30-44(50-48(51-45)35-10-4-3-5-11-35)33-20-16-31(17-21-33)36-25-27-47-41(28-36)40-13-7-9-15-46(40)52-47/h1-35H;3-30H,1-2H3. The summed E-state index contributed by atoms with van der Waals surface area (Å²) in [5.74, 6) is 2.59. The van der Waals surface area contributed by atoms with Crippen molar-refractivity contribution in [2.75, 3.05) is 0 Å². The Bertz CT molecular complexity index is 7040. The third-order valence-electron chi connectivity index (χ3n) is 22.5. The highest BCUT2D eigenvalue weighted by Gasteiger charge is 2.35. The van der Waals surface area contributed by atoms with Crippen molar-refractivity contribution in [1.82, 2.24) is 24.9 Å². The Morgan fingerprint density at radius 2 is 0.456 bits per heavy atom. The van der Waals surface area contributed by atoms with Crippen LogP contribution in [0.5, 0.6) is 0 Å². The van der Waals surface area contributed by atoms with E-state index < -0.39 is 0 Å².